The van der Waals surface area contributed by atoms with Crippen LogP contribution >= 0.6 is 31.9 Å². The molecule has 0 bridgehead atoms. The average Bonchev–Trinajstić information content (AvgIpc) is 2.51. The molecule has 0 saturated heterocycles. The fourth-order valence-electron chi connectivity index (χ4n) is 2.00. The van der Waals surface area contributed by atoms with Crippen molar-refractivity contribution in [1.29, 1.82) is 0 Å². The summed E-state index contributed by atoms with van der Waals surface area (Å²) in [6.45, 7) is 4.04. The molecule has 0 aliphatic carbocycles. The second kappa shape index (κ2) is 7.88. The minimum Gasteiger partial charge on any atom is -0.504 e. The minimum absolute atomic E-state index is 0.00764. The van der Waals surface area contributed by atoms with Crippen LogP contribution in [0.2, 0.25) is 0 Å². The SMILES string of the molecule is CC(C)c1ccc(Oc2c(Br)cc(NC(=O)C(=O)O)cc2Br)c(O)c1. The van der Waals surface area contributed by atoms with Gasteiger partial charge in [-0.1, -0.05) is 19.9 Å². The van der Waals surface area contributed by atoms with E-state index in [1.165, 1.54) is 12.1 Å². The summed E-state index contributed by atoms with van der Waals surface area (Å²) in [6, 6.07) is 8.18. The van der Waals surface area contributed by atoms with Gasteiger partial charge in [-0.3, -0.25) is 4.79 Å². The Kier molecular flexibility index (Phi) is 6.07. The average molecular weight is 473 g/mol. The number of amides is 1. The van der Waals surface area contributed by atoms with Crippen LogP contribution in [0.4, 0.5) is 5.69 Å². The Bertz CT molecular complexity index is 813. The quantitative estimate of drug-likeness (QED) is 0.552. The fraction of sp³-hybridized carbons (Fsp3) is 0.176. The monoisotopic (exact) mass is 471 g/mol. The van der Waals surface area contributed by atoms with Crippen molar-refractivity contribution in [3.8, 4) is 17.2 Å². The number of carboxylic acids is 1. The zero-order chi connectivity index (χ0) is 18.7. The van der Waals surface area contributed by atoms with E-state index in [-0.39, 0.29) is 23.1 Å². The number of hydrogen-bond acceptors (Lipinski definition) is 4. The van der Waals surface area contributed by atoms with Crippen LogP contribution in [0, 0.1) is 0 Å². The van der Waals surface area contributed by atoms with Crippen molar-refractivity contribution in [2.24, 2.45) is 0 Å². The molecule has 0 atom stereocenters. The maximum absolute atomic E-state index is 11.2. The Balaban J connectivity index is 2.29. The van der Waals surface area contributed by atoms with E-state index in [9.17, 15) is 14.7 Å². The van der Waals surface area contributed by atoms with E-state index < -0.39 is 11.9 Å². The van der Waals surface area contributed by atoms with Crippen LogP contribution in [-0.2, 0) is 9.59 Å². The van der Waals surface area contributed by atoms with Crippen LogP contribution in [0.1, 0.15) is 25.3 Å². The first-order valence-corrected chi connectivity index (χ1v) is 8.81. The van der Waals surface area contributed by atoms with Gasteiger partial charge in [0.15, 0.2) is 17.2 Å². The molecule has 25 heavy (non-hydrogen) atoms. The summed E-state index contributed by atoms with van der Waals surface area (Å²) in [7, 11) is 0. The number of phenols is 1. The number of halogens is 2. The third-order valence-corrected chi connectivity index (χ3v) is 4.49. The summed E-state index contributed by atoms with van der Waals surface area (Å²) in [5.41, 5.74) is 1.26. The molecule has 132 valence electrons. The van der Waals surface area contributed by atoms with Crippen LogP contribution in [0.15, 0.2) is 39.3 Å². The molecule has 2 aromatic carbocycles. The molecule has 0 spiro atoms. The van der Waals surface area contributed by atoms with Gasteiger partial charge >= 0.3 is 11.9 Å². The Morgan fingerprint density at radius 1 is 1.12 bits per heavy atom. The Labute approximate surface area is 161 Å². The summed E-state index contributed by atoms with van der Waals surface area (Å²) in [5.74, 6) is -1.80. The molecular weight excluding hydrogens is 458 g/mol. The van der Waals surface area contributed by atoms with Crippen molar-refractivity contribution in [1.82, 2.24) is 0 Å². The van der Waals surface area contributed by atoms with Crippen LogP contribution in [-0.4, -0.2) is 22.1 Å². The molecule has 0 saturated carbocycles. The maximum atomic E-state index is 11.2. The second-order valence-electron chi connectivity index (χ2n) is 5.51. The number of aromatic hydroxyl groups is 1. The van der Waals surface area contributed by atoms with Crippen LogP contribution in [0.25, 0.3) is 0 Å². The predicted molar refractivity (Wildman–Crippen MR) is 100 cm³/mol. The van der Waals surface area contributed by atoms with E-state index in [0.717, 1.165) is 5.56 Å². The third-order valence-electron chi connectivity index (χ3n) is 3.31. The van der Waals surface area contributed by atoms with Crippen molar-refractivity contribution < 1.29 is 24.5 Å². The molecule has 0 heterocycles. The molecule has 3 N–H and O–H groups in total. The van der Waals surface area contributed by atoms with Crippen LogP contribution in [0.3, 0.4) is 0 Å². The van der Waals surface area contributed by atoms with Crippen molar-refractivity contribution >= 4 is 49.4 Å². The van der Waals surface area contributed by atoms with Gasteiger partial charge in [0, 0.05) is 5.69 Å². The number of anilines is 1. The summed E-state index contributed by atoms with van der Waals surface area (Å²) in [4.78, 5) is 21.8. The molecule has 8 heteroatoms. The van der Waals surface area contributed by atoms with Crippen molar-refractivity contribution in [2.75, 3.05) is 5.32 Å². The van der Waals surface area contributed by atoms with E-state index in [1.807, 2.05) is 19.9 Å². The van der Waals surface area contributed by atoms with Gasteiger partial charge in [0.05, 0.1) is 8.95 Å². The number of carbonyl (C=O) groups excluding carboxylic acids is 1. The minimum atomic E-state index is -1.58. The summed E-state index contributed by atoms with van der Waals surface area (Å²) in [5, 5.41) is 21.0. The molecule has 0 aliphatic rings. The van der Waals surface area contributed by atoms with E-state index in [2.05, 4.69) is 37.2 Å². The highest BCUT2D eigenvalue weighted by atomic mass is 79.9. The number of ether oxygens (including phenoxy) is 1. The largest absolute Gasteiger partial charge is 0.504 e. The highest BCUT2D eigenvalue weighted by molar-refractivity contribution is 9.11. The zero-order valence-corrected chi connectivity index (χ0v) is 16.5. The third kappa shape index (κ3) is 4.73. The Morgan fingerprint density at radius 2 is 1.72 bits per heavy atom. The molecule has 1 amide bonds. The van der Waals surface area contributed by atoms with Gasteiger partial charge in [-0.05, 0) is 67.6 Å². The number of aliphatic carboxylic acids is 1. The van der Waals surface area contributed by atoms with Gasteiger partial charge in [0.2, 0.25) is 0 Å². The van der Waals surface area contributed by atoms with Crippen molar-refractivity contribution in [2.45, 2.75) is 19.8 Å². The first-order valence-electron chi connectivity index (χ1n) is 7.23. The van der Waals surface area contributed by atoms with Crippen LogP contribution < -0.4 is 10.1 Å². The van der Waals surface area contributed by atoms with Gasteiger partial charge in [0.25, 0.3) is 0 Å². The zero-order valence-electron chi connectivity index (χ0n) is 13.3. The van der Waals surface area contributed by atoms with Gasteiger partial charge in [-0.15, -0.1) is 0 Å². The van der Waals surface area contributed by atoms with Crippen LogP contribution in [0.5, 0.6) is 17.2 Å². The van der Waals surface area contributed by atoms with Gasteiger partial charge in [-0.25, -0.2) is 4.79 Å². The molecule has 0 aliphatic heterocycles. The smallest absolute Gasteiger partial charge is 0.394 e. The fourth-order valence-corrected chi connectivity index (χ4v) is 3.35. The topological polar surface area (TPSA) is 95.9 Å². The van der Waals surface area contributed by atoms with Gasteiger partial charge in [0.1, 0.15) is 0 Å². The summed E-state index contributed by atoms with van der Waals surface area (Å²) in [6.07, 6.45) is 0. The molecule has 0 unspecified atom stereocenters. The van der Waals surface area contributed by atoms with Gasteiger partial charge in [-0.2, -0.15) is 0 Å². The highest BCUT2D eigenvalue weighted by Crippen LogP contribution is 2.42. The number of benzene rings is 2. The van der Waals surface area contributed by atoms with E-state index >= 15 is 0 Å². The summed E-state index contributed by atoms with van der Waals surface area (Å²) < 4.78 is 6.68. The highest BCUT2D eigenvalue weighted by Gasteiger charge is 2.16. The molecule has 6 nitrogen and oxygen atoms in total. The lowest BCUT2D eigenvalue weighted by molar-refractivity contribution is -0.147. The Hall–Kier alpha value is -2.06. The lowest BCUT2D eigenvalue weighted by Gasteiger charge is -2.14. The molecule has 0 radical (unpaired) electrons. The lowest BCUT2D eigenvalue weighted by Crippen LogP contribution is -2.21. The number of hydrogen-bond donors (Lipinski definition) is 3. The van der Waals surface area contributed by atoms with Crippen molar-refractivity contribution in [3.63, 3.8) is 0 Å². The Morgan fingerprint density at radius 3 is 2.20 bits per heavy atom. The predicted octanol–water partition coefficient (Wildman–Crippen LogP) is 4.86. The summed E-state index contributed by atoms with van der Waals surface area (Å²) >= 11 is 6.62. The number of phenolic OH excluding ortho intramolecular Hbond substituents is 1. The second-order valence-corrected chi connectivity index (χ2v) is 7.22. The molecule has 2 rings (SSSR count). The van der Waals surface area contributed by atoms with E-state index in [4.69, 9.17) is 9.84 Å². The standard InChI is InChI=1S/C17H15Br2NO5/c1-8(2)9-3-4-14(13(21)5-9)25-15-11(18)6-10(7-12(15)19)20-16(22)17(23)24/h3-8,21H,1-2H3,(H,20,22)(H,23,24). The van der Waals surface area contributed by atoms with Gasteiger partial charge < -0.3 is 20.3 Å². The normalized spacial score (nSPS) is 10.6. The first-order chi connectivity index (χ1) is 11.7. The number of carbonyl (C=O) groups is 2. The molecule has 2 aromatic rings. The molecule has 0 fully saturated rings. The van der Waals surface area contributed by atoms with Crippen molar-refractivity contribution in [3.05, 3.63) is 44.8 Å². The number of nitrogens with one attached hydrogen (secondary N) is 1. The first kappa shape index (κ1) is 19.3. The maximum Gasteiger partial charge on any atom is 0.394 e. The lowest BCUT2D eigenvalue weighted by atomic mass is 10.0. The molecule has 0 aromatic heterocycles. The number of carboxylic acid groups (broad SMARTS) is 1. The van der Waals surface area contributed by atoms with E-state index in [0.29, 0.717) is 14.7 Å². The van der Waals surface area contributed by atoms with E-state index in [1.54, 1.807) is 12.1 Å². The number of rotatable bonds is 4. The molecular formula is C17H15Br2NO5.